The molecule has 0 saturated heterocycles. The number of rotatable bonds is 6. The van der Waals surface area contributed by atoms with E-state index in [0.29, 0.717) is 28.2 Å². The Kier molecular flexibility index (Phi) is 6.81. The van der Waals surface area contributed by atoms with Crippen LogP contribution in [-0.4, -0.2) is 44.1 Å². The van der Waals surface area contributed by atoms with Crippen LogP contribution in [0.15, 0.2) is 60.4 Å². The summed E-state index contributed by atoms with van der Waals surface area (Å²) in [6, 6.07) is 12.6. The number of aromatic nitrogens is 2. The zero-order valence-electron chi connectivity index (χ0n) is 19.3. The highest BCUT2D eigenvalue weighted by atomic mass is 32.1. The van der Waals surface area contributed by atoms with Gasteiger partial charge in [-0.1, -0.05) is 30.4 Å². The van der Waals surface area contributed by atoms with Crippen molar-refractivity contribution in [2.24, 2.45) is 11.6 Å². The van der Waals surface area contributed by atoms with E-state index in [-0.39, 0.29) is 30.3 Å². The van der Waals surface area contributed by atoms with Crippen LogP contribution in [0, 0.1) is 0 Å². The van der Waals surface area contributed by atoms with Crippen molar-refractivity contribution in [2.75, 3.05) is 22.7 Å². The topological polar surface area (TPSA) is 166 Å². The van der Waals surface area contributed by atoms with Crippen molar-refractivity contribution in [1.82, 2.24) is 14.6 Å². The first-order chi connectivity index (χ1) is 17.3. The Balaban J connectivity index is 1.88. The lowest BCUT2D eigenvalue weighted by atomic mass is 10.0. The number of nitrogens with two attached hydrogens (primary N) is 3. The number of ketones is 1. The van der Waals surface area contributed by atoms with Crippen LogP contribution in [0.3, 0.4) is 0 Å². The van der Waals surface area contributed by atoms with Gasteiger partial charge in [0.1, 0.15) is 5.82 Å². The van der Waals surface area contributed by atoms with Crippen LogP contribution in [0.4, 0.5) is 17.2 Å². The molecule has 0 aliphatic carbocycles. The minimum absolute atomic E-state index is 0.0504. The number of anilines is 3. The van der Waals surface area contributed by atoms with Crippen LogP contribution in [0.2, 0.25) is 0 Å². The number of carbonyl (C=O) groups excluding carboxylic acids is 3. The second kappa shape index (κ2) is 9.98. The molecule has 2 aromatic heterocycles. The van der Waals surface area contributed by atoms with Crippen molar-refractivity contribution in [3.8, 4) is 11.3 Å². The van der Waals surface area contributed by atoms with E-state index >= 15 is 0 Å². The van der Waals surface area contributed by atoms with Gasteiger partial charge in [0, 0.05) is 35.9 Å². The molecule has 0 atom stereocenters. The van der Waals surface area contributed by atoms with E-state index in [0.717, 1.165) is 16.9 Å². The van der Waals surface area contributed by atoms with E-state index in [9.17, 15) is 14.4 Å². The average molecular weight is 505 g/mol. The molecule has 0 bridgehead atoms. The summed E-state index contributed by atoms with van der Waals surface area (Å²) in [6.07, 6.45) is 2.60. The van der Waals surface area contributed by atoms with Crippen LogP contribution < -0.4 is 27.7 Å². The molecule has 0 unspecified atom stereocenters. The van der Waals surface area contributed by atoms with Crippen LogP contribution >= 0.6 is 12.2 Å². The maximum Gasteiger partial charge on any atom is 0.256 e. The summed E-state index contributed by atoms with van der Waals surface area (Å²) in [5, 5.41) is 5.38. The van der Waals surface area contributed by atoms with E-state index in [1.165, 1.54) is 28.1 Å². The molecule has 184 valence electrons. The number of nitrogens with zero attached hydrogens (tertiary/aromatic N) is 4. The van der Waals surface area contributed by atoms with Crippen molar-refractivity contribution in [3.63, 3.8) is 0 Å². The fourth-order valence-corrected chi connectivity index (χ4v) is 4.18. The highest BCUT2D eigenvalue weighted by Gasteiger charge is 2.35. The van der Waals surface area contributed by atoms with E-state index < -0.39 is 11.8 Å². The number of carbonyl (C=O) groups is 3. The van der Waals surface area contributed by atoms with Gasteiger partial charge in [-0.2, -0.15) is 0 Å². The van der Waals surface area contributed by atoms with Gasteiger partial charge in [-0.15, -0.1) is 0 Å². The van der Waals surface area contributed by atoms with Crippen molar-refractivity contribution >= 4 is 52.4 Å². The van der Waals surface area contributed by atoms with Crippen LogP contribution in [0.5, 0.6) is 0 Å². The number of nitrogen functional groups attached to an aromatic ring is 1. The smallest absolute Gasteiger partial charge is 0.256 e. The molecule has 3 aromatic rings. The van der Waals surface area contributed by atoms with Gasteiger partial charge in [0.2, 0.25) is 5.91 Å². The Morgan fingerprint density at radius 2 is 1.92 bits per heavy atom. The normalized spacial score (nSPS) is 13.2. The highest BCUT2D eigenvalue weighted by molar-refractivity contribution is 7.79. The fourth-order valence-electron chi connectivity index (χ4n) is 4.00. The minimum atomic E-state index is -0.474. The number of hydrogen-bond acceptors (Lipinski definition) is 9. The van der Waals surface area contributed by atoms with Gasteiger partial charge in [-0.3, -0.25) is 19.1 Å². The molecule has 2 amide bonds. The first kappa shape index (κ1) is 24.6. The number of benzene rings is 1. The lowest BCUT2D eigenvalue weighted by molar-refractivity contribution is -0.127. The molecule has 1 aromatic carbocycles. The van der Waals surface area contributed by atoms with E-state index in [1.807, 2.05) is 30.3 Å². The molecule has 36 heavy (non-hydrogen) atoms. The number of hydrogen-bond donors (Lipinski definition) is 4. The molecular formula is C24H24N8O3S. The number of pyridine rings is 1. The first-order valence-electron chi connectivity index (χ1n) is 10.8. The van der Waals surface area contributed by atoms with E-state index in [4.69, 9.17) is 29.6 Å². The fraction of sp³-hybridized carbons (Fsp3) is 0.125. The number of thiocarbonyl (C=S) groups is 1. The number of amides is 2. The van der Waals surface area contributed by atoms with Crippen molar-refractivity contribution in [2.45, 2.75) is 13.5 Å². The average Bonchev–Trinajstić information content (AvgIpc) is 3.16. The molecular weight excluding hydrogens is 480 g/mol. The van der Waals surface area contributed by atoms with Crippen molar-refractivity contribution < 1.29 is 14.4 Å². The Hall–Kier alpha value is -4.55. The molecule has 0 spiro atoms. The summed E-state index contributed by atoms with van der Waals surface area (Å²) in [7, 11) is 0. The molecule has 0 saturated carbocycles. The SMILES string of the molecule is CC(=O)N(N)c1cc(-c2c(Nc3ccccc3)c3c(n2N)CN(C(=O)C(C=S)=CN)CC3=O)ccn1. The summed E-state index contributed by atoms with van der Waals surface area (Å²) < 4.78 is 1.36. The van der Waals surface area contributed by atoms with Crippen molar-refractivity contribution in [3.05, 3.63) is 71.7 Å². The van der Waals surface area contributed by atoms with Gasteiger partial charge < -0.3 is 21.8 Å². The molecule has 4 rings (SSSR count). The van der Waals surface area contributed by atoms with Gasteiger partial charge in [0.05, 0.1) is 41.3 Å². The summed E-state index contributed by atoms with van der Waals surface area (Å²) in [6.45, 7) is 1.19. The quantitative estimate of drug-likeness (QED) is 0.128. The summed E-state index contributed by atoms with van der Waals surface area (Å²) in [4.78, 5) is 43.5. The highest BCUT2D eigenvalue weighted by Crippen LogP contribution is 2.40. The Bertz CT molecular complexity index is 1400. The molecule has 1 aliphatic rings. The van der Waals surface area contributed by atoms with Gasteiger partial charge in [0.25, 0.3) is 5.91 Å². The third kappa shape index (κ3) is 4.42. The molecule has 11 nitrogen and oxygen atoms in total. The maximum atomic E-state index is 13.4. The lowest BCUT2D eigenvalue weighted by Gasteiger charge is -2.27. The Labute approximate surface area is 212 Å². The second-order valence-electron chi connectivity index (χ2n) is 8.02. The number of fused-ring (bicyclic) bond motifs is 1. The standard InChI is InChI=1S/C24H24N8O3S/c1-14(33)31(26)20-9-15(7-8-28-20)23-22(29-17-5-3-2-4-6-17)21-18(32(23)27)11-30(12-19(21)34)24(35)16(10-25)13-36/h2-10,13,29H,11-12,25-27H2,1H3. The summed E-state index contributed by atoms with van der Waals surface area (Å²) >= 11 is 4.87. The molecule has 7 N–H and O–H groups in total. The molecule has 0 radical (unpaired) electrons. The first-order valence-corrected chi connectivity index (χ1v) is 11.3. The van der Waals surface area contributed by atoms with Crippen LogP contribution in [0.1, 0.15) is 23.0 Å². The third-order valence-corrected chi connectivity index (χ3v) is 6.00. The number of hydrazine groups is 1. The monoisotopic (exact) mass is 504 g/mol. The number of para-hydroxylation sites is 1. The maximum absolute atomic E-state index is 13.4. The molecule has 12 heteroatoms. The number of nitrogens with one attached hydrogen (secondary N) is 1. The van der Waals surface area contributed by atoms with E-state index in [1.54, 1.807) is 12.1 Å². The molecule has 0 fully saturated rings. The van der Waals surface area contributed by atoms with Gasteiger partial charge >= 0.3 is 0 Å². The third-order valence-electron chi connectivity index (χ3n) is 5.75. The van der Waals surface area contributed by atoms with Gasteiger partial charge in [-0.05, 0) is 24.3 Å². The van der Waals surface area contributed by atoms with E-state index in [2.05, 4.69) is 10.3 Å². The Morgan fingerprint density at radius 1 is 1.19 bits per heavy atom. The molecule has 1 aliphatic heterocycles. The summed E-state index contributed by atoms with van der Waals surface area (Å²) in [5.41, 5.74) is 8.60. The van der Waals surface area contributed by atoms with Crippen molar-refractivity contribution in [1.29, 1.82) is 0 Å². The minimum Gasteiger partial charge on any atom is -0.404 e. The van der Waals surface area contributed by atoms with Crippen LogP contribution in [-0.2, 0) is 16.1 Å². The van der Waals surface area contributed by atoms with Gasteiger partial charge in [-0.25, -0.2) is 15.8 Å². The zero-order chi connectivity index (χ0) is 26.0. The molecule has 3 heterocycles. The van der Waals surface area contributed by atoms with Crippen LogP contribution in [0.25, 0.3) is 11.3 Å². The predicted molar refractivity (Wildman–Crippen MR) is 141 cm³/mol. The second-order valence-corrected chi connectivity index (χ2v) is 8.26. The largest absolute Gasteiger partial charge is 0.404 e. The predicted octanol–water partition coefficient (Wildman–Crippen LogP) is 1.60. The number of Topliss-reactive ketones (excluding diaryl/α,β-unsaturated/α-hetero) is 1. The zero-order valence-corrected chi connectivity index (χ0v) is 20.2. The summed E-state index contributed by atoms with van der Waals surface area (Å²) in [5.74, 6) is 11.4. The van der Waals surface area contributed by atoms with Gasteiger partial charge in [0.15, 0.2) is 5.78 Å². The lowest BCUT2D eigenvalue weighted by Crippen LogP contribution is -2.41. The Morgan fingerprint density at radius 3 is 2.56 bits per heavy atom.